The van der Waals surface area contributed by atoms with E-state index in [-0.39, 0.29) is 32.0 Å². The zero-order chi connectivity index (χ0) is 27.3. The fourth-order valence-electron chi connectivity index (χ4n) is 3.84. The van der Waals surface area contributed by atoms with Crippen molar-refractivity contribution in [3.8, 4) is 11.1 Å². The van der Waals surface area contributed by atoms with Gasteiger partial charge in [0.1, 0.15) is 0 Å². The second-order valence-electron chi connectivity index (χ2n) is 8.77. The molecule has 5 N–H and O–H groups in total. The molecule has 0 bridgehead atoms. The number of amides is 4. The Kier molecular flexibility index (Phi) is 10.4. The lowest BCUT2D eigenvalue weighted by Crippen LogP contribution is -2.41. The molecule has 9 nitrogen and oxygen atoms in total. The van der Waals surface area contributed by atoms with E-state index in [1.165, 1.54) is 0 Å². The topological polar surface area (TPSA) is 137 Å². The predicted octanol–water partition coefficient (Wildman–Crippen LogP) is 3.55. The van der Waals surface area contributed by atoms with Gasteiger partial charge in [0, 0.05) is 13.0 Å². The van der Waals surface area contributed by atoms with Gasteiger partial charge >= 0.3 is 12.0 Å². The van der Waals surface area contributed by atoms with E-state index in [0.717, 1.165) is 16.7 Å². The molecule has 9 heteroatoms. The Labute approximate surface area is 221 Å². The van der Waals surface area contributed by atoms with Crippen molar-refractivity contribution >= 4 is 23.8 Å². The maximum absolute atomic E-state index is 12.4. The first kappa shape index (κ1) is 27.9. The number of nitrogens with one attached hydrogen (secondary N) is 4. The number of benzene rings is 3. The Bertz CT molecular complexity index is 1220. The number of carboxylic acids is 1. The van der Waals surface area contributed by atoms with Gasteiger partial charge in [-0.3, -0.25) is 14.4 Å². The minimum Gasteiger partial charge on any atom is -0.481 e. The van der Waals surface area contributed by atoms with E-state index >= 15 is 0 Å². The third-order valence-electron chi connectivity index (χ3n) is 5.87. The molecule has 0 aliphatic heterocycles. The SMILES string of the molecule is CC(NC(=O)NCCC(=O)NCC(=O)NC(CC(=O)O)c1ccc(-c2ccccc2)cc1)c1ccccc1. The van der Waals surface area contributed by atoms with Crippen LogP contribution in [0.1, 0.15) is 43.0 Å². The van der Waals surface area contributed by atoms with E-state index in [0.29, 0.717) is 5.56 Å². The second-order valence-corrected chi connectivity index (χ2v) is 8.77. The van der Waals surface area contributed by atoms with Crippen LogP contribution < -0.4 is 21.3 Å². The van der Waals surface area contributed by atoms with E-state index in [2.05, 4.69) is 21.3 Å². The molecule has 0 saturated heterocycles. The van der Waals surface area contributed by atoms with Crippen LogP contribution in [0.25, 0.3) is 11.1 Å². The van der Waals surface area contributed by atoms with Crippen molar-refractivity contribution in [3.05, 3.63) is 96.1 Å². The molecule has 3 rings (SSSR count). The molecule has 0 radical (unpaired) electrons. The lowest BCUT2D eigenvalue weighted by Gasteiger charge is -2.18. The first-order valence-electron chi connectivity index (χ1n) is 12.3. The lowest BCUT2D eigenvalue weighted by molar-refractivity contribution is -0.138. The Balaban J connectivity index is 1.42. The Morgan fingerprint density at radius 1 is 0.711 bits per heavy atom. The largest absolute Gasteiger partial charge is 0.481 e. The molecule has 0 aromatic heterocycles. The maximum atomic E-state index is 12.4. The molecule has 3 aromatic rings. The summed E-state index contributed by atoms with van der Waals surface area (Å²) in [6, 6.07) is 25.2. The standard InChI is InChI=1S/C29H32N4O5/c1-20(21-8-4-2-5-9-21)32-29(38)30-17-16-26(34)31-19-27(35)33-25(18-28(36)37)24-14-12-23(13-15-24)22-10-6-3-7-11-22/h2-15,20,25H,16-19H2,1H3,(H,31,34)(H,33,35)(H,36,37)(H2,30,32,38). The Morgan fingerprint density at radius 3 is 1.95 bits per heavy atom. The van der Waals surface area contributed by atoms with E-state index in [1.54, 1.807) is 12.1 Å². The van der Waals surface area contributed by atoms with Gasteiger partial charge in [-0.1, -0.05) is 84.9 Å². The van der Waals surface area contributed by atoms with Gasteiger partial charge in [0.05, 0.1) is 25.0 Å². The molecule has 2 atom stereocenters. The van der Waals surface area contributed by atoms with Crippen LogP contribution in [0.5, 0.6) is 0 Å². The number of rotatable bonds is 12. The fraction of sp³-hybridized carbons (Fsp3) is 0.241. The second kappa shape index (κ2) is 14.2. The van der Waals surface area contributed by atoms with Crippen molar-refractivity contribution in [2.75, 3.05) is 13.1 Å². The minimum absolute atomic E-state index is 0.0140. The van der Waals surface area contributed by atoms with Crippen LogP contribution in [0.3, 0.4) is 0 Å². The van der Waals surface area contributed by atoms with Crippen LogP contribution in [0.2, 0.25) is 0 Å². The summed E-state index contributed by atoms with van der Waals surface area (Å²) in [7, 11) is 0. The average Bonchev–Trinajstić information content (AvgIpc) is 2.92. The van der Waals surface area contributed by atoms with Crippen LogP contribution in [0.15, 0.2) is 84.9 Å². The third kappa shape index (κ3) is 9.09. The molecular weight excluding hydrogens is 484 g/mol. The van der Waals surface area contributed by atoms with Gasteiger partial charge in [-0.15, -0.1) is 0 Å². The molecular formula is C29H32N4O5. The van der Waals surface area contributed by atoms with Gasteiger partial charge < -0.3 is 26.4 Å². The number of carbonyl (C=O) groups is 4. The van der Waals surface area contributed by atoms with Gasteiger partial charge in [0.15, 0.2) is 0 Å². The highest BCUT2D eigenvalue weighted by Gasteiger charge is 2.19. The van der Waals surface area contributed by atoms with Crippen LogP contribution in [-0.4, -0.2) is 42.0 Å². The molecule has 198 valence electrons. The van der Waals surface area contributed by atoms with Crippen molar-refractivity contribution in [2.45, 2.75) is 31.8 Å². The number of hydrogen-bond acceptors (Lipinski definition) is 4. The summed E-state index contributed by atoms with van der Waals surface area (Å²) in [5, 5.41) is 19.9. The number of aliphatic carboxylic acids is 1. The summed E-state index contributed by atoms with van der Waals surface area (Å²) in [6.07, 6.45) is -0.315. The summed E-state index contributed by atoms with van der Waals surface area (Å²) in [5.41, 5.74) is 3.60. The van der Waals surface area contributed by atoms with Crippen LogP contribution in [0, 0.1) is 0 Å². The highest BCUT2D eigenvalue weighted by molar-refractivity contribution is 5.85. The number of hydrogen-bond donors (Lipinski definition) is 5. The molecule has 0 aliphatic carbocycles. The summed E-state index contributed by atoms with van der Waals surface area (Å²) >= 11 is 0. The molecule has 3 aromatic carbocycles. The summed E-state index contributed by atoms with van der Waals surface area (Å²) in [4.78, 5) is 48.0. The Hall–Kier alpha value is -4.66. The van der Waals surface area contributed by atoms with Gasteiger partial charge in [0.25, 0.3) is 0 Å². The smallest absolute Gasteiger partial charge is 0.315 e. The molecule has 0 aliphatic rings. The zero-order valence-electron chi connectivity index (χ0n) is 21.1. The molecule has 2 unspecified atom stereocenters. The number of urea groups is 1. The number of carbonyl (C=O) groups excluding carboxylic acids is 3. The summed E-state index contributed by atoms with van der Waals surface area (Å²) in [5.74, 6) is -1.99. The fourth-order valence-corrected chi connectivity index (χ4v) is 3.84. The molecule has 0 fully saturated rings. The van der Waals surface area contributed by atoms with E-state index in [1.807, 2.05) is 79.7 Å². The van der Waals surface area contributed by atoms with Crippen LogP contribution >= 0.6 is 0 Å². The quantitative estimate of drug-likeness (QED) is 0.251. The van der Waals surface area contributed by atoms with Gasteiger partial charge in [-0.25, -0.2) is 4.79 Å². The zero-order valence-corrected chi connectivity index (χ0v) is 21.1. The third-order valence-corrected chi connectivity index (χ3v) is 5.87. The highest BCUT2D eigenvalue weighted by Crippen LogP contribution is 2.23. The van der Waals surface area contributed by atoms with Crippen LogP contribution in [-0.2, 0) is 14.4 Å². The van der Waals surface area contributed by atoms with Crippen molar-refractivity contribution in [3.63, 3.8) is 0 Å². The van der Waals surface area contributed by atoms with Gasteiger partial charge in [-0.05, 0) is 29.2 Å². The van der Waals surface area contributed by atoms with E-state index in [4.69, 9.17) is 0 Å². The first-order valence-corrected chi connectivity index (χ1v) is 12.3. The van der Waals surface area contributed by atoms with Crippen molar-refractivity contribution in [2.24, 2.45) is 0 Å². The van der Waals surface area contributed by atoms with Gasteiger partial charge in [0.2, 0.25) is 11.8 Å². The molecule has 0 saturated carbocycles. The summed E-state index contributed by atoms with van der Waals surface area (Å²) in [6.45, 7) is 1.64. The number of carboxylic acid groups (broad SMARTS) is 1. The predicted molar refractivity (Wildman–Crippen MR) is 144 cm³/mol. The highest BCUT2D eigenvalue weighted by atomic mass is 16.4. The summed E-state index contributed by atoms with van der Waals surface area (Å²) < 4.78 is 0. The van der Waals surface area contributed by atoms with Crippen LogP contribution in [0.4, 0.5) is 4.79 Å². The molecule has 4 amide bonds. The van der Waals surface area contributed by atoms with Crippen molar-refractivity contribution in [1.29, 1.82) is 0 Å². The molecule has 0 heterocycles. The van der Waals surface area contributed by atoms with Gasteiger partial charge in [-0.2, -0.15) is 0 Å². The minimum atomic E-state index is -1.06. The van der Waals surface area contributed by atoms with Crippen molar-refractivity contribution < 1.29 is 24.3 Å². The normalized spacial score (nSPS) is 12.0. The molecule has 38 heavy (non-hydrogen) atoms. The first-order chi connectivity index (χ1) is 18.3. The maximum Gasteiger partial charge on any atom is 0.315 e. The Morgan fingerprint density at radius 2 is 1.32 bits per heavy atom. The lowest BCUT2D eigenvalue weighted by atomic mass is 9.99. The van der Waals surface area contributed by atoms with E-state index in [9.17, 15) is 24.3 Å². The molecule has 0 spiro atoms. The van der Waals surface area contributed by atoms with E-state index < -0.39 is 29.9 Å². The van der Waals surface area contributed by atoms with Crippen molar-refractivity contribution in [1.82, 2.24) is 21.3 Å². The average molecular weight is 517 g/mol. The monoisotopic (exact) mass is 516 g/mol.